The number of hydrazine groups is 1. The first-order valence-corrected chi connectivity index (χ1v) is 7.72. The predicted molar refractivity (Wildman–Crippen MR) is 84.5 cm³/mol. The molecule has 0 aromatic heterocycles. The van der Waals surface area contributed by atoms with E-state index in [1.807, 2.05) is 0 Å². The van der Waals surface area contributed by atoms with E-state index < -0.39 is 24.5 Å². The second-order valence-electron chi connectivity index (χ2n) is 5.18. The van der Waals surface area contributed by atoms with E-state index in [2.05, 4.69) is 6.58 Å². The fourth-order valence-electron chi connectivity index (χ4n) is 2.43. The molecule has 1 aromatic rings. The Morgan fingerprint density at radius 3 is 2.61 bits per heavy atom. The Morgan fingerprint density at radius 1 is 1.35 bits per heavy atom. The number of unbranched alkanes of at least 4 members (excludes halogenated alkanes) is 1. The summed E-state index contributed by atoms with van der Waals surface area (Å²) in [6, 6.07) is 4.33. The molecule has 8 heteroatoms. The molecule has 1 fully saturated rings. The highest BCUT2D eigenvalue weighted by molar-refractivity contribution is 6.36. The molecular formula is C15H15Cl2F3N2O. The van der Waals surface area contributed by atoms with Crippen molar-refractivity contribution in [1.82, 2.24) is 5.01 Å². The summed E-state index contributed by atoms with van der Waals surface area (Å²) in [5, 5.41) is 2.86. The number of rotatable bonds is 5. The lowest BCUT2D eigenvalue weighted by molar-refractivity contribution is -0.175. The molecule has 0 saturated carbocycles. The Morgan fingerprint density at radius 2 is 2.04 bits per heavy atom. The van der Waals surface area contributed by atoms with Gasteiger partial charge in [-0.1, -0.05) is 29.3 Å². The second-order valence-corrected chi connectivity index (χ2v) is 6.03. The van der Waals surface area contributed by atoms with Gasteiger partial charge in [0, 0.05) is 18.1 Å². The minimum absolute atomic E-state index is 0.127. The van der Waals surface area contributed by atoms with Crippen molar-refractivity contribution in [2.24, 2.45) is 5.92 Å². The quantitative estimate of drug-likeness (QED) is 0.556. The van der Waals surface area contributed by atoms with Crippen molar-refractivity contribution in [3.63, 3.8) is 0 Å². The van der Waals surface area contributed by atoms with E-state index in [4.69, 9.17) is 23.2 Å². The van der Waals surface area contributed by atoms with Crippen molar-refractivity contribution in [3.8, 4) is 0 Å². The summed E-state index contributed by atoms with van der Waals surface area (Å²) in [6.07, 6.45) is -1.69. The maximum atomic E-state index is 13.1. The molecule has 0 spiro atoms. The van der Waals surface area contributed by atoms with Crippen LogP contribution in [0.2, 0.25) is 10.0 Å². The number of allylic oxidation sites excluding steroid dienone is 1. The zero-order valence-corrected chi connectivity index (χ0v) is 13.6. The van der Waals surface area contributed by atoms with Crippen LogP contribution in [0.4, 0.5) is 18.9 Å². The average molecular weight is 367 g/mol. The third-order valence-electron chi connectivity index (χ3n) is 3.54. The van der Waals surface area contributed by atoms with E-state index >= 15 is 0 Å². The van der Waals surface area contributed by atoms with Gasteiger partial charge in [-0.25, -0.2) is 10.0 Å². The molecule has 0 N–H and O–H groups in total. The van der Waals surface area contributed by atoms with E-state index in [-0.39, 0.29) is 10.7 Å². The fraction of sp³-hybridized carbons (Fsp3) is 0.400. The molecule has 1 aliphatic heterocycles. The summed E-state index contributed by atoms with van der Waals surface area (Å²) < 4.78 is 39.2. The SMILES string of the molecule is C=CCCCN1CC(C(F)(F)F)C(=O)N1c1ccc(Cl)cc1Cl. The first kappa shape index (κ1) is 18.1. The van der Waals surface area contributed by atoms with Gasteiger partial charge in [-0.05, 0) is 31.0 Å². The molecule has 0 bridgehead atoms. The van der Waals surface area contributed by atoms with E-state index in [0.717, 1.165) is 5.01 Å². The number of alkyl halides is 3. The van der Waals surface area contributed by atoms with E-state index in [1.165, 1.54) is 23.2 Å². The second kappa shape index (κ2) is 7.11. The molecule has 2 rings (SSSR count). The van der Waals surface area contributed by atoms with Gasteiger partial charge in [0.25, 0.3) is 5.91 Å². The summed E-state index contributed by atoms with van der Waals surface area (Å²) in [6.45, 7) is 3.46. The number of carbonyl (C=O) groups excluding carboxylic acids is 1. The first-order valence-electron chi connectivity index (χ1n) is 6.97. The summed E-state index contributed by atoms with van der Waals surface area (Å²) in [5.74, 6) is -3.08. The molecule has 1 aromatic carbocycles. The zero-order valence-electron chi connectivity index (χ0n) is 12.1. The largest absolute Gasteiger partial charge is 0.401 e. The zero-order chi connectivity index (χ0) is 17.2. The van der Waals surface area contributed by atoms with Crippen molar-refractivity contribution >= 4 is 34.8 Å². The third-order valence-corrected chi connectivity index (χ3v) is 4.08. The Kier molecular flexibility index (Phi) is 5.60. The summed E-state index contributed by atoms with van der Waals surface area (Å²) in [5.41, 5.74) is 0.200. The van der Waals surface area contributed by atoms with Crippen LogP contribution in [0.25, 0.3) is 0 Å². The fourth-order valence-corrected chi connectivity index (χ4v) is 2.92. The van der Waals surface area contributed by atoms with E-state index in [0.29, 0.717) is 24.4 Å². The van der Waals surface area contributed by atoms with Crippen molar-refractivity contribution in [2.75, 3.05) is 18.1 Å². The lowest BCUT2D eigenvalue weighted by Crippen LogP contribution is -2.40. The van der Waals surface area contributed by atoms with Gasteiger partial charge >= 0.3 is 6.18 Å². The number of anilines is 1. The van der Waals surface area contributed by atoms with Crippen LogP contribution in [-0.4, -0.2) is 30.2 Å². The lowest BCUT2D eigenvalue weighted by atomic mass is 10.1. The monoisotopic (exact) mass is 366 g/mol. The molecule has 126 valence electrons. The highest BCUT2D eigenvalue weighted by Crippen LogP contribution is 2.39. The topological polar surface area (TPSA) is 23.6 Å². The van der Waals surface area contributed by atoms with Crippen LogP contribution in [0, 0.1) is 5.92 Å². The van der Waals surface area contributed by atoms with E-state index in [1.54, 1.807) is 6.08 Å². The number of carbonyl (C=O) groups is 1. The molecule has 1 amide bonds. The first-order chi connectivity index (χ1) is 10.8. The van der Waals surface area contributed by atoms with Crippen molar-refractivity contribution in [2.45, 2.75) is 19.0 Å². The van der Waals surface area contributed by atoms with Crippen LogP contribution in [0.3, 0.4) is 0 Å². The maximum absolute atomic E-state index is 13.1. The molecule has 0 aliphatic carbocycles. The highest BCUT2D eigenvalue weighted by atomic mass is 35.5. The van der Waals surface area contributed by atoms with Gasteiger partial charge in [0.15, 0.2) is 0 Å². The Hall–Kier alpha value is -1.24. The van der Waals surface area contributed by atoms with Gasteiger partial charge in [-0.2, -0.15) is 13.2 Å². The standard InChI is InChI=1S/C15H15Cl2F3N2O/c1-2-3-4-7-21-9-11(15(18,19)20)14(23)22(21)13-6-5-10(16)8-12(13)17/h2,5-6,8,11H,1,3-4,7,9H2. The predicted octanol–water partition coefficient (Wildman–Crippen LogP) is 4.70. The maximum Gasteiger partial charge on any atom is 0.401 e. The summed E-state index contributed by atoms with van der Waals surface area (Å²) in [7, 11) is 0. The minimum Gasteiger partial charge on any atom is -0.272 e. The molecule has 1 heterocycles. The summed E-state index contributed by atoms with van der Waals surface area (Å²) >= 11 is 11.9. The van der Waals surface area contributed by atoms with Crippen molar-refractivity contribution < 1.29 is 18.0 Å². The molecule has 0 radical (unpaired) electrons. The summed E-state index contributed by atoms with van der Waals surface area (Å²) in [4.78, 5) is 12.3. The normalized spacial score (nSPS) is 19.4. The molecule has 23 heavy (non-hydrogen) atoms. The number of nitrogens with zero attached hydrogens (tertiary/aromatic N) is 2. The Bertz CT molecular complexity index is 607. The van der Waals surface area contributed by atoms with Crippen LogP contribution in [0.5, 0.6) is 0 Å². The van der Waals surface area contributed by atoms with Gasteiger partial charge < -0.3 is 0 Å². The van der Waals surface area contributed by atoms with Gasteiger partial charge in [-0.15, -0.1) is 6.58 Å². The minimum atomic E-state index is -4.60. The van der Waals surface area contributed by atoms with Crippen LogP contribution in [0.1, 0.15) is 12.8 Å². The lowest BCUT2D eigenvalue weighted by Gasteiger charge is -2.28. The molecule has 3 nitrogen and oxygen atoms in total. The van der Waals surface area contributed by atoms with Gasteiger partial charge in [-0.3, -0.25) is 4.79 Å². The number of amides is 1. The number of hydrogen-bond donors (Lipinski definition) is 0. The molecule has 1 saturated heterocycles. The van der Waals surface area contributed by atoms with Gasteiger partial charge in [0.1, 0.15) is 5.92 Å². The van der Waals surface area contributed by atoms with Crippen LogP contribution in [0.15, 0.2) is 30.9 Å². The molecule has 1 atom stereocenters. The third kappa shape index (κ3) is 4.00. The van der Waals surface area contributed by atoms with Gasteiger partial charge in [0.2, 0.25) is 0 Å². The molecular weight excluding hydrogens is 352 g/mol. The van der Waals surface area contributed by atoms with Gasteiger partial charge in [0.05, 0.1) is 10.7 Å². The van der Waals surface area contributed by atoms with Crippen molar-refractivity contribution in [1.29, 1.82) is 0 Å². The number of halogens is 5. The van der Waals surface area contributed by atoms with Crippen molar-refractivity contribution in [3.05, 3.63) is 40.9 Å². The van der Waals surface area contributed by atoms with E-state index in [9.17, 15) is 18.0 Å². The Balaban J connectivity index is 2.34. The molecule has 1 aliphatic rings. The Labute approximate surface area is 142 Å². The average Bonchev–Trinajstić information content (AvgIpc) is 2.77. The van der Waals surface area contributed by atoms with Crippen LogP contribution in [-0.2, 0) is 4.79 Å². The molecule has 1 unspecified atom stereocenters. The number of benzene rings is 1. The smallest absolute Gasteiger partial charge is 0.272 e. The van der Waals surface area contributed by atoms with Crippen LogP contribution >= 0.6 is 23.2 Å². The van der Waals surface area contributed by atoms with Crippen LogP contribution < -0.4 is 5.01 Å². The number of hydrogen-bond acceptors (Lipinski definition) is 2. The highest BCUT2D eigenvalue weighted by Gasteiger charge is 2.53.